The first kappa shape index (κ1) is 22.3. The standard InChI is InChI=1S/C25H20FN3O3S/c1-16(17-4-7-20(26)8-5-17)28-25(31)29(33)21-9-11-22(12-10-21)32-24(30)19-6-13-23-18(15-19)3-2-14-27-23/h2-16,33H,1H3,(H,28,31). The van der Waals surface area contributed by atoms with Crippen LogP contribution in [0.1, 0.15) is 28.9 Å². The van der Waals surface area contributed by atoms with E-state index in [0.717, 1.165) is 20.8 Å². The molecule has 166 valence electrons. The van der Waals surface area contributed by atoms with Gasteiger partial charge >= 0.3 is 12.0 Å². The molecule has 0 bridgehead atoms. The molecule has 2 amide bonds. The minimum atomic E-state index is -0.498. The summed E-state index contributed by atoms with van der Waals surface area (Å²) in [4.78, 5) is 29.3. The van der Waals surface area contributed by atoms with Gasteiger partial charge in [-0.15, -0.1) is 0 Å². The van der Waals surface area contributed by atoms with Gasteiger partial charge in [-0.05, 0) is 73.2 Å². The molecule has 0 aliphatic heterocycles. The van der Waals surface area contributed by atoms with E-state index >= 15 is 0 Å². The fourth-order valence-electron chi connectivity index (χ4n) is 3.22. The first-order chi connectivity index (χ1) is 15.9. The highest BCUT2D eigenvalue weighted by Crippen LogP contribution is 2.23. The number of urea groups is 1. The SMILES string of the molecule is CC(NC(=O)N(S)c1ccc(OC(=O)c2ccc3ncccc3c2)cc1)c1ccc(F)cc1. The Labute approximate surface area is 195 Å². The molecule has 1 atom stereocenters. The van der Waals surface area contributed by atoms with E-state index in [4.69, 9.17) is 4.74 Å². The summed E-state index contributed by atoms with van der Waals surface area (Å²) >= 11 is 4.26. The second-order valence-electron chi connectivity index (χ2n) is 7.33. The van der Waals surface area contributed by atoms with Crippen LogP contribution in [0.25, 0.3) is 10.9 Å². The average Bonchev–Trinajstić information content (AvgIpc) is 2.84. The highest BCUT2D eigenvalue weighted by Gasteiger charge is 2.16. The number of hydrogen-bond acceptors (Lipinski definition) is 5. The van der Waals surface area contributed by atoms with Crippen molar-refractivity contribution in [2.45, 2.75) is 13.0 Å². The molecule has 0 aliphatic rings. The molecule has 1 N–H and O–H groups in total. The zero-order chi connectivity index (χ0) is 23.4. The zero-order valence-corrected chi connectivity index (χ0v) is 18.5. The van der Waals surface area contributed by atoms with Gasteiger partial charge in [0.2, 0.25) is 0 Å². The molecule has 0 spiro atoms. The Morgan fingerprint density at radius 3 is 2.48 bits per heavy atom. The van der Waals surface area contributed by atoms with E-state index in [1.807, 2.05) is 6.07 Å². The molecule has 0 radical (unpaired) electrons. The van der Waals surface area contributed by atoms with Gasteiger partial charge in [-0.3, -0.25) is 4.98 Å². The number of hydrogen-bond donors (Lipinski definition) is 2. The smallest absolute Gasteiger partial charge is 0.343 e. The van der Waals surface area contributed by atoms with Crippen molar-refractivity contribution in [3.63, 3.8) is 0 Å². The first-order valence-electron chi connectivity index (χ1n) is 10.1. The van der Waals surface area contributed by atoms with Gasteiger partial charge in [-0.25, -0.2) is 18.3 Å². The number of rotatable bonds is 5. The molecular formula is C25H20FN3O3S. The second-order valence-corrected chi connectivity index (χ2v) is 7.73. The summed E-state index contributed by atoms with van der Waals surface area (Å²) in [5.74, 6) is -0.509. The molecule has 3 aromatic carbocycles. The van der Waals surface area contributed by atoms with E-state index in [1.54, 1.807) is 73.8 Å². The number of carbonyl (C=O) groups is 2. The van der Waals surface area contributed by atoms with Crippen LogP contribution in [0.15, 0.2) is 85.1 Å². The number of ether oxygens (including phenoxy) is 1. The highest BCUT2D eigenvalue weighted by atomic mass is 32.1. The van der Waals surface area contributed by atoms with Crippen LogP contribution >= 0.6 is 12.8 Å². The number of carbonyl (C=O) groups excluding carboxylic acids is 2. The van der Waals surface area contributed by atoms with Gasteiger partial charge in [0.15, 0.2) is 0 Å². The fourth-order valence-corrected chi connectivity index (χ4v) is 3.41. The van der Waals surface area contributed by atoms with Crippen molar-refractivity contribution in [1.82, 2.24) is 10.3 Å². The number of anilines is 1. The molecule has 0 saturated carbocycles. The third-order valence-electron chi connectivity index (χ3n) is 5.03. The molecule has 4 rings (SSSR count). The topological polar surface area (TPSA) is 71.5 Å². The maximum Gasteiger partial charge on any atom is 0.343 e. The van der Waals surface area contributed by atoms with Crippen LogP contribution in [-0.2, 0) is 0 Å². The van der Waals surface area contributed by atoms with Crippen LogP contribution in [0.4, 0.5) is 14.9 Å². The summed E-state index contributed by atoms with van der Waals surface area (Å²) < 4.78 is 19.7. The van der Waals surface area contributed by atoms with Crippen LogP contribution in [0.3, 0.4) is 0 Å². The lowest BCUT2D eigenvalue weighted by Crippen LogP contribution is -2.35. The largest absolute Gasteiger partial charge is 0.423 e. The van der Waals surface area contributed by atoms with Crippen molar-refractivity contribution in [1.29, 1.82) is 0 Å². The second kappa shape index (κ2) is 9.70. The van der Waals surface area contributed by atoms with Crippen molar-refractivity contribution in [3.05, 3.63) is 102 Å². The normalized spacial score (nSPS) is 11.6. The number of halogens is 1. The van der Waals surface area contributed by atoms with Gasteiger partial charge in [-0.1, -0.05) is 31.0 Å². The number of thiol groups is 1. The molecule has 1 aromatic heterocycles. The molecule has 6 nitrogen and oxygen atoms in total. The van der Waals surface area contributed by atoms with E-state index in [2.05, 4.69) is 23.1 Å². The maximum atomic E-state index is 13.1. The van der Waals surface area contributed by atoms with E-state index < -0.39 is 12.0 Å². The number of amides is 2. The van der Waals surface area contributed by atoms with Gasteiger partial charge in [0, 0.05) is 11.6 Å². The third-order valence-corrected chi connectivity index (χ3v) is 5.45. The van der Waals surface area contributed by atoms with Crippen LogP contribution in [-0.4, -0.2) is 17.0 Å². The Morgan fingerprint density at radius 1 is 1.03 bits per heavy atom. The number of pyridine rings is 1. The monoisotopic (exact) mass is 461 g/mol. The molecule has 0 aliphatic carbocycles. The molecule has 33 heavy (non-hydrogen) atoms. The molecule has 8 heteroatoms. The number of benzene rings is 3. The number of fused-ring (bicyclic) bond motifs is 1. The lowest BCUT2D eigenvalue weighted by atomic mass is 10.1. The van der Waals surface area contributed by atoms with E-state index in [9.17, 15) is 14.0 Å². The average molecular weight is 462 g/mol. The van der Waals surface area contributed by atoms with Gasteiger partial charge in [0.25, 0.3) is 0 Å². The summed E-state index contributed by atoms with van der Waals surface area (Å²) in [6, 6.07) is 20.3. The van der Waals surface area contributed by atoms with E-state index in [1.165, 1.54) is 12.1 Å². The first-order valence-corrected chi connectivity index (χ1v) is 10.5. The summed E-state index contributed by atoms with van der Waals surface area (Å²) in [5, 5.41) is 3.64. The maximum absolute atomic E-state index is 13.1. The summed E-state index contributed by atoms with van der Waals surface area (Å²) in [5.41, 5.74) is 2.45. The Kier molecular flexibility index (Phi) is 6.55. The minimum absolute atomic E-state index is 0.330. The quantitative estimate of drug-likeness (QED) is 0.227. The number of nitrogens with one attached hydrogen (secondary N) is 1. The number of aromatic nitrogens is 1. The van der Waals surface area contributed by atoms with Crippen molar-refractivity contribution in [2.24, 2.45) is 0 Å². The van der Waals surface area contributed by atoms with Gasteiger partial charge < -0.3 is 10.1 Å². The predicted octanol–water partition coefficient (Wildman–Crippen LogP) is 5.72. The Morgan fingerprint density at radius 2 is 1.76 bits per heavy atom. The molecular weight excluding hydrogens is 441 g/mol. The number of nitrogens with zero attached hydrogens (tertiary/aromatic N) is 2. The van der Waals surface area contributed by atoms with E-state index in [0.29, 0.717) is 17.0 Å². The van der Waals surface area contributed by atoms with Crippen LogP contribution in [0, 0.1) is 5.82 Å². The lowest BCUT2D eigenvalue weighted by molar-refractivity contribution is 0.0735. The van der Waals surface area contributed by atoms with Crippen molar-refractivity contribution in [3.8, 4) is 5.75 Å². The van der Waals surface area contributed by atoms with Crippen LogP contribution in [0.2, 0.25) is 0 Å². The lowest BCUT2D eigenvalue weighted by Gasteiger charge is -2.20. The Balaban J connectivity index is 1.38. The molecule has 1 heterocycles. The van der Waals surface area contributed by atoms with Crippen molar-refractivity contribution >= 4 is 41.4 Å². The molecule has 0 fully saturated rings. The number of esters is 1. The molecule has 4 aromatic rings. The van der Waals surface area contributed by atoms with Gasteiger partial charge in [-0.2, -0.15) is 0 Å². The molecule has 1 unspecified atom stereocenters. The van der Waals surface area contributed by atoms with Crippen LogP contribution < -0.4 is 14.4 Å². The van der Waals surface area contributed by atoms with Crippen molar-refractivity contribution < 1.29 is 18.7 Å². The van der Waals surface area contributed by atoms with E-state index in [-0.39, 0.29) is 11.9 Å². The third kappa shape index (κ3) is 5.30. The zero-order valence-electron chi connectivity index (χ0n) is 17.6. The summed E-state index contributed by atoms with van der Waals surface area (Å²) in [7, 11) is 0. The minimum Gasteiger partial charge on any atom is -0.423 e. The highest BCUT2D eigenvalue weighted by molar-refractivity contribution is 7.82. The van der Waals surface area contributed by atoms with Gasteiger partial charge in [0.1, 0.15) is 11.6 Å². The Bertz CT molecular complexity index is 1300. The fraction of sp³-hybridized carbons (Fsp3) is 0.0800. The molecule has 0 saturated heterocycles. The predicted molar refractivity (Wildman–Crippen MR) is 128 cm³/mol. The van der Waals surface area contributed by atoms with Crippen LogP contribution in [0.5, 0.6) is 5.75 Å². The summed E-state index contributed by atoms with van der Waals surface area (Å²) in [6.45, 7) is 1.79. The van der Waals surface area contributed by atoms with Gasteiger partial charge in [0.05, 0.1) is 22.8 Å². The summed E-state index contributed by atoms with van der Waals surface area (Å²) in [6.07, 6.45) is 1.69. The van der Waals surface area contributed by atoms with Crippen molar-refractivity contribution in [2.75, 3.05) is 4.31 Å². The Hall–Kier alpha value is -3.91.